The molecular weight excluding hydrogens is 478 g/mol. The zero-order chi connectivity index (χ0) is 24.3. The molecule has 0 amide bonds. The number of halogens is 1. The molecule has 0 aliphatic heterocycles. The summed E-state index contributed by atoms with van der Waals surface area (Å²) in [5.74, 6) is 1.66. The highest BCUT2D eigenvalue weighted by Crippen LogP contribution is 2.30. The van der Waals surface area contributed by atoms with Crippen molar-refractivity contribution in [3.63, 3.8) is 0 Å². The number of aliphatic hydroxyl groups excluding tert-OH is 1. The fraction of sp³-hybridized carbons (Fsp3) is 0.182. The van der Waals surface area contributed by atoms with Gasteiger partial charge in [-0.3, -0.25) is 5.10 Å². The summed E-state index contributed by atoms with van der Waals surface area (Å²) in [4.78, 5) is 13.3. The first-order chi connectivity index (χ1) is 16.2. The van der Waals surface area contributed by atoms with E-state index < -0.39 is 15.9 Å². The highest BCUT2D eigenvalue weighted by Gasteiger charge is 2.19. The van der Waals surface area contributed by atoms with E-state index in [1.165, 1.54) is 12.1 Å². The highest BCUT2D eigenvalue weighted by molar-refractivity contribution is 7.90. The third-order valence-corrected chi connectivity index (χ3v) is 6.49. The standard InChI is InChI=1S/C22H22ClN7O3S/c1-13-25-21(30-29-13)16-11-24-22(26-15-8-9-19(17(23)10-15)34(2,32)33)28-20(16)27-18(12-31)14-6-4-3-5-7-14/h3-11,18,31H,12H2,1-2H3,(H,25,29,30)(H2,24,26,27,28)/t18-/m1/s1. The van der Waals surface area contributed by atoms with E-state index in [9.17, 15) is 13.5 Å². The Hall–Kier alpha value is -3.54. The predicted octanol–water partition coefficient (Wildman–Crippen LogP) is 3.52. The maximum absolute atomic E-state index is 11.8. The van der Waals surface area contributed by atoms with Crippen molar-refractivity contribution in [2.75, 3.05) is 23.5 Å². The van der Waals surface area contributed by atoms with E-state index in [1.807, 2.05) is 30.3 Å². The van der Waals surface area contributed by atoms with Gasteiger partial charge in [0.25, 0.3) is 0 Å². The molecule has 0 bridgehead atoms. The van der Waals surface area contributed by atoms with Crippen LogP contribution in [0.5, 0.6) is 0 Å². The minimum absolute atomic E-state index is 0.0342. The van der Waals surface area contributed by atoms with E-state index in [-0.39, 0.29) is 22.5 Å². The number of nitrogens with one attached hydrogen (secondary N) is 3. The lowest BCUT2D eigenvalue weighted by molar-refractivity contribution is 0.276. The maximum Gasteiger partial charge on any atom is 0.229 e. The molecule has 176 valence electrons. The van der Waals surface area contributed by atoms with Crippen LogP contribution in [-0.4, -0.2) is 51.5 Å². The van der Waals surface area contributed by atoms with Crippen LogP contribution in [-0.2, 0) is 9.84 Å². The number of anilines is 3. The summed E-state index contributed by atoms with van der Waals surface area (Å²) >= 11 is 6.15. The molecule has 4 rings (SSSR count). The van der Waals surface area contributed by atoms with Gasteiger partial charge in [-0.2, -0.15) is 10.1 Å². The summed E-state index contributed by atoms with van der Waals surface area (Å²) in [5.41, 5.74) is 1.92. The molecule has 0 aliphatic rings. The van der Waals surface area contributed by atoms with Crippen LogP contribution in [0, 0.1) is 6.92 Å². The van der Waals surface area contributed by atoms with E-state index in [1.54, 1.807) is 19.2 Å². The molecule has 0 aliphatic carbocycles. The quantitative estimate of drug-likeness (QED) is 0.286. The Balaban J connectivity index is 1.69. The second kappa shape index (κ2) is 9.75. The van der Waals surface area contributed by atoms with Crippen LogP contribution in [0.3, 0.4) is 0 Å². The maximum atomic E-state index is 11.8. The average Bonchev–Trinajstić information content (AvgIpc) is 3.23. The number of hydrogen-bond donors (Lipinski definition) is 4. The van der Waals surface area contributed by atoms with Crippen molar-refractivity contribution in [3.05, 3.63) is 71.1 Å². The Kier molecular flexibility index (Phi) is 6.77. The van der Waals surface area contributed by atoms with Gasteiger partial charge in [0.05, 0.1) is 28.1 Å². The van der Waals surface area contributed by atoms with Crippen molar-refractivity contribution in [2.24, 2.45) is 0 Å². The fourth-order valence-electron chi connectivity index (χ4n) is 3.27. The molecule has 0 radical (unpaired) electrons. The Morgan fingerprint density at radius 2 is 1.91 bits per heavy atom. The van der Waals surface area contributed by atoms with Crippen molar-refractivity contribution in [3.8, 4) is 11.4 Å². The molecule has 2 aromatic carbocycles. The number of aromatic nitrogens is 5. The average molecular weight is 500 g/mol. The number of aliphatic hydroxyl groups is 1. The summed E-state index contributed by atoms with van der Waals surface area (Å²) in [7, 11) is -3.45. The molecule has 0 fully saturated rings. The third kappa shape index (κ3) is 5.33. The second-order valence-electron chi connectivity index (χ2n) is 7.53. The minimum atomic E-state index is -3.45. The second-order valence-corrected chi connectivity index (χ2v) is 9.92. The number of aromatic amines is 1. The van der Waals surface area contributed by atoms with Crippen molar-refractivity contribution in [1.29, 1.82) is 0 Å². The molecule has 0 saturated heterocycles. The number of aryl methyl sites for hydroxylation is 1. The van der Waals surface area contributed by atoms with Gasteiger partial charge >= 0.3 is 0 Å². The summed E-state index contributed by atoms with van der Waals surface area (Å²) in [6.45, 7) is 1.61. The van der Waals surface area contributed by atoms with Gasteiger partial charge in [-0.1, -0.05) is 41.9 Å². The van der Waals surface area contributed by atoms with Crippen LogP contribution >= 0.6 is 11.6 Å². The first kappa shape index (κ1) is 23.6. The first-order valence-corrected chi connectivity index (χ1v) is 12.5. The third-order valence-electron chi connectivity index (χ3n) is 4.91. The van der Waals surface area contributed by atoms with Gasteiger partial charge in [0, 0.05) is 18.1 Å². The molecule has 4 aromatic rings. The van der Waals surface area contributed by atoms with Gasteiger partial charge in [0.1, 0.15) is 11.6 Å². The summed E-state index contributed by atoms with van der Waals surface area (Å²) in [6, 6.07) is 13.5. The summed E-state index contributed by atoms with van der Waals surface area (Å²) < 4.78 is 23.6. The van der Waals surface area contributed by atoms with E-state index in [2.05, 4.69) is 35.8 Å². The largest absolute Gasteiger partial charge is 0.394 e. The number of nitrogens with zero attached hydrogens (tertiary/aromatic N) is 4. The molecule has 0 spiro atoms. The zero-order valence-electron chi connectivity index (χ0n) is 18.3. The van der Waals surface area contributed by atoms with Crippen molar-refractivity contribution >= 4 is 38.9 Å². The van der Waals surface area contributed by atoms with Crippen LogP contribution in [0.25, 0.3) is 11.4 Å². The van der Waals surface area contributed by atoms with Gasteiger partial charge in [0.15, 0.2) is 15.7 Å². The summed E-state index contributed by atoms with van der Waals surface area (Å²) in [6.07, 6.45) is 2.66. The Morgan fingerprint density at radius 3 is 2.53 bits per heavy atom. The van der Waals surface area contributed by atoms with Gasteiger partial charge in [-0.15, -0.1) is 0 Å². The van der Waals surface area contributed by atoms with Crippen LogP contribution in [0.2, 0.25) is 5.02 Å². The number of H-pyrrole nitrogens is 1. The number of hydrogen-bond acceptors (Lipinski definition) is 9. The van der Waals surface area contributed by atoms with Gasteiger partial charge in [-0.05, 0) is 30.7 Å². The normalized spacial score (nSPS) is 12.4. The van der Waals surface area contributed by atoms with Gasteiger partial charge < -0.3 is 15.7 Å². The van der Waals surface area contributed by atoms with E-state index in [4.69, 9.17) is 11.6 Å². The van der Waals surface area contributed by atoms with Crippen LogP contribution in [0.1, 0.15) is 17.4 Å². The Labute approximate surface area is 201 Å². The highest BCUT2D eigenvalue weighted by atomic mass is 35.5. The van der Waals surface area contributed by atoms with E-state index in [0.29, 0.717) is 28.7 Å². The zero-order valence-corrected chi connectivity index (χ0v) is 19.9. The number of sulfone groups is 1. The Morgan fingerprint density at radius 1 is 1.15 bits per heavy atom. The lowest BCUT2D eigenvalue weighted by Crippen LogP contribution is -2.17. The van der Waals surface area contributed by atoms with E-state index in [0.717, 1.165) is 11.8 Å². The molecule has 4 N–H and O–H groups in total. The van der Waals surface area contributed by atoms with Crippen molar-refractivity contribution in [2.45, 2.75) is 17.9 Å². The molecule has 10 nitrogen and oxygen atoms in total. The van der Waals surface area contributed by atoms with Crippen LogP contribution in [0.15, 0.2) is 59.6 Å². The monoisotopic (exact) mass is 499 g/mol. The number of benzene rings is 2. The first-order valence-electron chi connectivity index (χ1n) is 10.2. The fourth-order valence-corrected chi connectivity index (χ4v) is 4.60. The molecule has 34 heavy (non-hydrogen) atoms. The molecule has 2 heterocycles. The lowest BCUT2D eigenvalue weighted by Gasteiger charge is -2.19. The van der Waals surface area contributed by atoms with Crippen LogP contribution in [0.4, 0.5) is 17.5 Å². The minimum Gasteiger partial charge on any atom is -0.394 e. The summed E-state index contributed by atoms with van der Waals surface area (Å²) in [5, 5.41) is 23.4. The SMILES string of the molecule is Cc1nc(-c2cnc(Nc3ccc(S(C)(=O)=O)c(Cl)c3)nc2N[C@H](CO)c2ccccc2)n[nH]1. The molecule has 0 unspecified atom stereocenters. The van der Waals surface area contributed by atoms with Crippen LogP contribution < -0.4 is 10.6 Å². The van der Waals surface area contributed by atoms with Gasteiger partial charge in [0.2, 0.25) is 5.95 Å². The van der Waals surface area contributed by atoms with Crippen molar-refractivity contribution in [1.82, 2.24) is 25.1 Å². The van der Waals surface area contributed by atoms with Crippen molar-refractivity contribution < 1.29 is 13.5 Å². The molecule has 12 heteroatoms. The molecular formula is C22H22ClN7O3S. The number of rotatable bonds is 8. The smallest absolute Gasteiger partial charge is 0.229 e. The Bertz CT molecular complexity index is 1410. The lowest BCUT2D eigenvalue weighted by atomic mass is 10.1. The molecule has 2 aromatic heterocycles. The topological polar surface area (TPSA) is 146 Å². The predicted molar refractivity (Wildman–Crippen MR) is 130 cm³/mol. The van der Waals surface area contributed by atoms with Gasteiger partial charge in [-0.25, -0.2) is 18.4 Å². The molecule has 1 atom stereocenters. The molecule has 0 saturated carbocycles. The van der Waals surface area contributed by atoms with E-state index >= 15 is 0 Å².